The standard InChI is InChI=1S/C12H22N2O4/c1-2-4-12(5-3-6-13-8-12)11(18)14-9(7-15)10(16)17/h9,13,15H,2-8H2,1H3,(H,14,18)(H,16,17). The van der Waals surface area contributed by atoms with Gasteiger partial charge in [-0.1, -0.05) is 13.3 Å². The van der Waals surface area contributed by atoms with Crippen LogP contribution in [0.2, 0.25) is 0 Å². The van der Waals surface area contributed by atoms with Crippen LogP contribution in [0.5, 0.6) is 0 Å². The lowest BCUT2D eigenvalue weighted by molar-refractivity contribution is -0.145. The third-order valence-electron chi connectivity index (χ3n) is 3.47. The second-order valence-electron chi connectivity index (χ2n) is 4.86. The van der Waals surface area contributed by atoms with E-state index in [1.54, 1.807) is 0 Å². The van der Waals surface area contributed by atoms with Crippen molar-refractivity contribution in [3.05, 3.63) is 0 Å². The Morgan fingerprint density at radius 3 is 2.67 bits per heavy atom. The number of nitrogens with one attached hydrogen (secondary N) is 2. The van der Waals surface area contributed by atoms with Gasteiger partial charge in [0, 0.05) is 6.54 Å². The van der Waals surface area contributed by atoms with Crippen molar-refractivity contribution >= 4 is 11.9 Å². The SMILES string of the molecule is CCCC1(C(=O)NC(CO)C(=O)O)CCCNC1. The Labute approximate surface area is 107 Å². The minimum absolute atomic E-state index is 0.266. The van der Waals surface area contributed by atoms with Crippen LogP contribution < -0.4 is 10.6 Å². The molecule has 6 heteroatoms. The lowest BCUT2D eigenvalue weighted by atomic mass is 9.76. The van der Waals surface area contributed by atoms with Crippen molar-refractivity contribution in [1.82, 2.24) is 10.6 Å². The number of hydrogen-bond donors (Lipinski definition) is 4. The summed E-state index contributed by atoms with van der Waals surface area (Å²) < 4.78 is 0. The van der Waals surface area contributed by atoms with E-state index in [1.807, 2.05) is 6.92 Å². The summed E-state index contributed by atoms with van der Waals surface area (Å²) in [6.45, 7) is 2.88. The number of carbonyl (C=O) groups excluding carboxylic acids is 1. The van der Waals surface area contributed by atoms with Crippen molar-refractivity contribution in [2.45, 2.75) is 38.6 Å². The van der Waals surface area contributed by atoms with Crippen molar-refractivity contribution in [2.24, 2.45) is 5.41 Å². The highest BCUT2D eigenvalue weighted by Crippen LogP contribution is 2.31. The molecule has 1 aliphatic rings. The second-order valence-corrected chi connectivity index (χ2v) is 4.86. The summed E-state index contributed by atoms with van der Waals surface area (Å²) in [5, 5.41) is 23.4. The van der Waals surface area contributed by atoms with Gasteiger partial charge in [-0.25, -0.2) is 4.79 Å². The molecule has 0 radical (unpaired) electrons. The lowest BCUT2D eigenvalue weighted by Gasteiger charge is -2.36. The van der Waals surface area contributed by atoms with Crippen LogP contribution in [0.1, 0.15) is 32.6 Å². The zero-order valence-electron chi connectivity index (χ0n) is 10.7. The number of amides is 1. The van der Waals surface area contributed by atoms with Crippen LogP contribution in [0, 0.1) is 5.41 Å². The Balaban J connectivity index is 2.73. The van der Waals surface area contributed by atoms with Crippen molar-refractivity contribution in [3.8, 4) is 0 Å². The largest absolute Gasteiger partial charge is 0.480 e. The Morgan fingerprint density at radius 2 is 2.22 bits per heavy atom. The molecule has 1 amide bonds. The Hall–Kier alpha value is -1.14. The summed E-state index contributed by atoms with van der Waals surface area (Å²) in [6, 6.07) is -1.21. The van der Waals surface area contributed by atoms with Gasteiger partial charge in [-0.3, -0.25) is 4.79 Å². The molecule has 6 nitrogen and oxygen atoms in total. The quantitative estimate of drug-likeness (QED) is 0.525. The molecule has 0 aliphatic carbocycles. The summed E-state index contributed by atoms with van der Waals surface area (Å²) >= 11 is 0. The Bertz CT molecular complexity index is 295. The van der Waals surface area contributed by atoms with Gasteiger partial charge in [0.15, 0.2) is 0 Å². The number of carboxylic acid groups (broad SMARTS) is 1. The highest BCUT2D eigenvalue weighted by molar-refractivity contribution is 5.87. The van der Waals surface area contributed by atoms with Crippen LogP contribution in [0.3, 0.4) is 0 Å². The summed E-state index contributed by atoms with van der Waals surface area (Å²) in [6.07, 6.45) is 3.26. The zero-order chi connectivity index (χ0) is 13.6. The molecular weight excluding hydrogens is 236 g/mol. The summed E-state index contributed by atoms with van der Waals surface area (Å²) in [5.41, 5.74) is -0.532. The molecule has 4 N–H and O–H groups in total. The van der Waals surface area contributed by atoms with Crippen molar-refractivity contribution in [1.29, 1.82) is 0 Å². The first-order chi connectivity index (χ1) is 8.55. The van der Waals surface area contributed by atoms with Crippen LogP contribution in [0.25, 0.3) is 0 Å². The molecule has 0 aromatic carbocycles. The normalized spacial score (nSPS) is 25.4. The van der Waals surface area contributed by atoms with Gasteiger partial charge in [0.25, 0.3) is 0 Å². The highest BCUT2D eigenvalue weighted by atomic mass is 16.4. The van der Waals surface area contributed by atoms with E-state index < -0.39 is 24.0 Å². The number of aliphatic carboxylic acids is 1. The fourth-order valence-corrected chi connectivity index (χ4v) is 2.46. The maximum absolute atomic E-state index is 12.3. The third-order valence-corrected chi connectivity index (χ3v) is 3.47. The number of aliphatic hydroxyl groups excluding tert-OH is 1. The lowest BCUT2D eigenvalue weighted by Crippen LogP contribution is -2.55. The smallest absolute Gasteiger partial charge is 0.328 e. The van der Waals surface area contributed by atoms with E-state index in [-0.39, 0.29) is 5.91 Å². The number of rotatable bonds is 6. The second kappa shape index (κ2) is 6.70. The van der Waals surface area contributed by atoms with Gasteiger partial charge in [-0.15, -0.1) is 0 Å². The molecule has 104 valence electrons. The van der Waals surface area contributed by atoms with Crippen LogP contribution in [-0.2, 0) is 9.59 Å². The van der Waals surface area contributed by atoms with Gasteiger partial charge in [0.05, 0.1) is 12.0 Å². The zero-order valence-corrected chi connectivity index (χ0v) is 10.7. The topological polar surface area (TPSA) is 98.7 Å². The van der Waals surface area contributed by atoms with E-state index in [0.29, 0.717) is 6.54 Å². The molecule has 0 spiro atoms. The van der Waals surface area contributed by atoms with E-state index in [9.17, 15) is 9.59 Å². The minimum Gasteiger partial charge on any atom is -0.480 e. The van der Waals surface area contributed by atoms with E-state index in [0.717, 1.165) is 32.2 Å². The molecule has 2 unspecified atom stereocenters. The monoisotopic (exact) mass is 258 g/mol. The van der Waals surface area contributed by atoms with Crippen LogP contribution in [0.15, 0.2) is 0 Å². The fourth-order valence-electron chi connectivity index (χ4n) is 2.46. The van der Waals surface area contributed by atoms with Crippen molar-refractivity contribution in [3.63, 3.8) is 0 Å². The molecule has 1 saturated heterocycles. The van der Waals surface area contributed by atoms with Gasteiger partial charge < -0.3 is 20.8 Å². The average molecular weight is 258 g/mol. The number of piperidine rings is 1. The molecule has 0 aromatic heterocycles. The number of carboxylic acids is 1. The molecule has 1 rings (SSSR count). The molecule has 1 fully saturated rings. The minimum atomic E-state index is -1.21. The van der Waals surface area contributed by atoms with Crippen LogP contribution >= 0.6 is 0 Å². The highest BCUT2D eigenvalue weighted by Gasteiger charge is 2.40. The maximum atomic E-state index is 12.3. The van der Waals surface area contributed by atoms with Gasteiger partial charge in [0.1, 0.15) is 6.04 Å². The first-order valence-corrected chi connectivity index (χ1v) is 6.41. The van der Waals surface area contributed by atoms with Crippen LogP contribution in [-0.4, -0.2) is 47.8 Å². The maximum Gasteiger partial charge on any atom is 0.328 e. The van der Waals surface area contributed by atoms with Crippen molar-refractivity contribution in [2.75, 3.05) is 19.7 Å². The number of hydrogen-bond acceptors (Lipinski definition) is 4. The van der Waals surface area contributed by atoms with E-state index in [2.05, 4.69) is 10.6 Å². The molecule has 1 aliphatic heterocycles. The predicted octanol–water partition coefficient (Wildman–Crippen LogP) is -0.282. The van der Waals surface area contributed by atoms with Gasteiger partial charge in [-0.05, 0) is 25.8 Å². The van der Waals surface area contributed by atoms with Crippen LogP contribution in [0.4, 0.5) is 0 Å². The van der Waals surface area contributed by atoms with Crippen molar-refractivity contribution < 1.29 is 19.8 Å². The summed E-state index contributed by atoms with van der Waals surface area (Å²) in [4.78, 5) is 23.1. The van der Waals surface area contributed by atoms with E-state index >= 15 is 0 Å². The third kappa shape index (κ3) is 3.43. The van der Waals surface area contributed by atoms with E-state index in [4.69, 9.17) is 10.2 Å². The molecule has 0 saturated carbocycles. The van der Waals surface area contributed by atoms with Gasteiger partial charge in [-0.2, -0.15) is 0 Å². The first kappa shape index (κ1) is 14.9. The molecule has 1 heterocycles. The summed E-state index contributed by atoms with van der Waals surface area (Å²) in [7, 11) is 0. The Kier molecular flexibility index (Phi) is 5.55. The molecular formula is C12H22N2O4. The molecule has 2 atom stereocenters. The summed E-state index contributed by atoms with van der Waals surface area (Å²) in [5.74, 6) is -1.47. The van der Waals surface area contributed by atoms with E-state index in [1.165, 1.54) is 0 Å². The van der Waals surface area contributed by atoms with Gasteiger partial charge in [0.2, 0.25) is 5.91 Å². The molecule has 0 bridgehead atoms. The number of carbonyl (C=O) groups is 2. The van der Waals surface area contributed by atoms with Gasteiger partial charge >= 0.3 is 5.97 Å². The first-order valence-electron chi connectivity index (χ1n) is 6.41. The Morgan fingerprint density at radius 1 is 1.50 bits per heavy atom. The predicted molar refractivity (Wildman–Crippen MR) is 66.1 cm³/mol. The molecule has 18 heavy (non-hydrogen) atoms. The molecule has 0 aromatic rings. The number of aliphatic hydroxyl groups is 1. The average Bonchev–Trinajstić information content (AvgIpc) is 2.36. The fraction of sp³-hybridized carbons (Fsp3) is 0.833.